The molecule has 0 bridgehead atoms. The Labute approximate surface area is 172 Å². The second-order valence-electron chi connectivity index (χ2n) is 7.90. The fraction of sp³-hybridized carbons (Fsp3) is 0.182. The van der Waals surface area contributed by atoms with Crippen molar-refractivity contribution in [2.24, 2.45) is 0 Å². The zero-order valence-corrected chi connectivity index (χ0v) is 16.7. The lowest BCUT2D eigenvalue weighted by Crippen LogP contribution is -2.23. The van der Waals surface area contributed by atoms with Gasteiger partial charge in [-0.25, -0.2) is 9.97 Å². The summed E-state index contributed by atoms with van der Waals surface area (Å²) >= 11 is 0. The van der Waals surface area contributed by atoms with Gasteiger partial charge in [0.05, 0.1) is 35.9 Å². The zero-order valence-electron chi connectivity index (χ0n) is 16.7. The molecule has 1 aromatic carbocycles. The third-order valence-corrected chi connectivity index (χ3v) is 5.23. The first-order valence-corrected chi connectivity index (χ1v) is 9.65. The van der Waals surface area contributed by atoms with Crippen molar-refractivity contribution in [1.82, 2.24) is 29.5 Å². The highest BCUT2D eigenvalue weighted by Gasteiger charge is 2.20. The third-order valence-electron chi connectivity index (χ3n) is 5.23. The molecule has 5 aromatic rings. The first-order chi connectivity index (χ1) is 14.5. The lowest BCUT2D eigenvalue weighted by Gasteiger charge is -2.21. The van der Waals surface area contributed by atoms with Gasteiger partial charge in [-0.05, 0) is 18.2 Å². The molecule has 0 aliphatic heterocycles. The van der Waals surface area contributed by atoms with E-state index in [0.717, 1.165) is 39.2 Å². The molecule has 3 N–H and O–H groups in total. The lowest BCUT2D eigenvalue weighted by atomic mass is 9.90. The Hall–Kier alpha value is -3.78. The minimum Gasteiger partial charge on any atom is -0.395 e. The Balaban J connectivity index is 1.53. The molecule has 0 fully saturated rings. The fourth-order valence-corrected chi connectivity index (χ4v) is 3.34. The van der Waals surface area contributed by atoms with E-state index >= 15 is 0 Å². The van der Waals surface area contributed by atoms with Crippen LogP contribution in [-0.4, -0.2) is 41.3 Å². The van der Waals surface area contributed by atoms with Gasteiger partial charge in [0.2, 0.25) is 0 Å². The number of rotatable bonds is 5. The van der Waals surface area contributed by atoms with Crippen LogP contribution in [0.25, 0.3) is 27.8 Å². The molecule has 0 aliphatic carbocycles. The van der Waals surface area contributed by atoms with Crippen LogP contribution in [0.4, 0.5) is 11.5 Å². The van der Waals surface area contributed by atoms with Gasteiger partial charge in [0.25, 0.3) is 0 Å². The van der Waals surface area contributed by atoms with E-state index in [4.69, 9.17) is 4.98 Å². The standard InChI is InChI=1S/C22H21N7O/c1-22(2,13-30)19-6-5-16(11-24-19)26-20-21-23-7-8-29(21)12-18(27-20)14-3-4-15-10-25-28-17(15)9-14/h3-12,30H,13H2,1-2H3,(H,25,28)(H,26,27). The molecule has 0 aliphatic rings. The number of hydrogen-bond donors (Lipinski definition) is 3. The molecule has 5 rings (SSSR count). The number of fused-ring (bicyclic) bond motifs is 2. The van der Waals surface area contributed by atoms with E-state index in [1.165, 1.54) is 0 Å². The van der Waals surface area contributed by atoms with Crippen molar-refractivity contribution in [3.05, 3.63) is 67.0 Å². The maximum absolute atomic E-state index is 9.55. The van der Waals surface area contributed by atoms with E-state index in [0.29, 0.717) is 5.82 Å². The van der Waals surface area contributed by atoms with Crippen molar-refractivity contribution in [3.8, 4) is 11.3 Å². The van der Waals surface area contributed by atoms with Crippen molar-refractivity contribution in [1.29, 1.82) is 0 Å². The van der Waals surface area contributed by atoms with Crippen molar-refractivity contribution in [3.63, 3.8) is 0 Å². The minimum atomic E-state index is -0.391. The van der Waals surface area contributed by atoms with Gasteiger partial charge in [0, 0.05) is 40.6 Å². The average Bonchev–Trinajstić information content (AvgIpc) is 3.43. The number of benzene rings is 1. The van der Waals surface area contributed by atoms with Crippen LogP contribution in [0.5, 0.6) is 0 Å². The summed E-state index contributed by atoms with van der Waals surface area (Å²) in [5, 5.41) is 21.0. The van der Waals surface area contributed by atoms with Gasteiger partial charge in [-0.2, -0.15) is 5.10 Å². The molecule has 30 heavy (non-hydrogen) atoms. The number of aliphatic hydroxyl groups is 1. The smallest absolute Gasteiger partial charge is 0.180 e. The average molecular weight is 399 g/mol. The predicted molar refractivity (Wildman–Crippen MR) is 116 cm³/mol. The number of aromatic nitrogens is 6. The summed E-state index contributed by atoms with van der Waals surface area (Å²) in [7, 11) is 0. The van der Waals surface area contributed by atoms with Gasteiger partial charge in [-0.1, -0.05) is 26.0 Å². The molecular formula is C22H21N7O. The van der Waals surface area contributed by atoms with Crippen LogP contribution in [0.15, 0.2) is 61.3 Å². The number of nitrogens with one attached hydrogen (secondary N) is 2. The molecule has 0 spiro atoms. The maximum Gasteiger partial charge on any atom is 0.180 e. The van der Waals surface area contributed by atoms with E-state index in [9.17, 15) is 5.11 Å². The zero-order chi connectivity index (χ0) is 20.7. The second-order valence-corrected chi connectivity index (χ2v) is 7.90. The molecule has 8 heteroatoms. The van der Waals surface area contributed by atoms with Crippen LogP contribution in [0.3, 0.4) is 0 Å². The van der Waals surface area contributed by atoms with Crippen molar-refractivity contribution in [2.75, 3.05) is 11.9 Å². The number of nitrogens with zero attached hydrogens (tertiary/aromatic N) is 5. The Morgan fingerprint density at radius 1 is 1.13 bits per heavy atom. The van der Waals surface area contributed by atoms with Gasteiger partial charge >= 0.3 is 0 Å². The van der Waals surface area contributed by atoms with Gasteiger partial charge in [-0.15, -0.1) is 0 Å². The first kappa shape index (κ1) is 18.3. The number of aliphatic hydroxyl groups excluding tert-OH is 1. The highest BCUT2D eigenvalue weighted by Crippen LogP contribution is 2.27. The highest BCUT2D eigenvalue weighted by atomic mass is 16.3. The number of anilines is 2. The lowest BCUT2D eigenvalue weighted by molar-refractivity contribution is 0.215. The number of imidazole rings is 1. The molecule has 0 saturated carbocycles. The van der Waals surface area contributed by atoms with Gasteiger partial charge in [-0.3, -0.25) is 10.1 Å². The Morgan fingerprint density at radius 3 is 2.83 bits per heavy atom. The van der Waals surface area contributed by atoms with Crippen LogP contribution < -0.4 is 5.32 Å². The number of aromatic amines is 1. The summed E-state index contributed by atoms with van der Waals surface area (Å²) in [5.74, 6) is 0.637. The summed E-state index contributed by atoms with van der Waals surface area (Å²) in [6, 6.07) is 9.93. The Bertz CT molecular complexity index is 1330. The summed E-state index contributed by atoms with van der Waals surface area (Å²) < 4.78 is 1.94. The number of hydrogen-bond acceptors (Lipinski definition) is 6. The molecule has 0 radical (unpaired) electrons. The van der Waals surface area contributed by atoms with Crippen molar-refractivity contribution < 1.29 is 5.11 Å². The molecule has 4 heterocycles. The van der Waals surface area contributed by atoms with E-state index in [1.54, 1.807) is 18.6 Å². The van der Waals surface area contributed by atoms with Gasteiger partial charge < -0.3 is 14.8 Å². The molecule has 0 saturated heterocycles. The van der Waals surface area contributed by atoms with Gasteiger partial charge in [0.1, 0.15) is 0 Å². The van der Waals surface area contributed by atoms with Crippen molar-refractivity contribution >= 4 is 28.1 Å². The van der Waals surface area contributed by atoms with E-state index in [-0.39, 0.29) is 6.61 Å². The van der Waals surface area contributed by atoms with Crippen LogP contribution in [0.2, 0.25) is 0 Å². The molecule has 8 nitrogen and oxygen atoms in total. The van der Waals surface area contributed by atoms with Crippen molar-refractivity contribution in [2.45, 2.75) is 19.3 Å². The Morgan fingerprint density at radius 2 is 2.03 bits per heavy atom. The monoisotopic (exact) mass is 399 g/mol. The molecular weight excluding hydrogens is 378 g/mol. The fourth-order valence-electron chi connectivity index (χ4n) is 3.34. The SMILES string of the molecule is CC(C)(CO)c1ccc(Nc2nc(-c3ccc4cn[nH]c4c3)cn3ccnc23)cn1. The third kappa shape index (κ3) is 3.17. The highest BCUT2D eigenvalue weighted by molar-refractivity contribution is 5.83. The Kier molecular flexibility index (Phi) is 4.22. The van der Waals surface area contributed by atoms with Gasteiger partial charge in [0.15, 0.2) is 11.5 Å². The van der Waals surface area contributed by atoms with Crippen LogP contribution in [0.1, 0.15) is 19.5 Å². The van der Waals surface area contributed by atoms with Crippen LogP contribution in [-0.2, 0) is 5.41 Å². The predicted octanol–water partition coefficient (Wildman–Crippen LogP) is 3.68. The van der Waals surface area contributed by atoms with E-state index < -0.39 is 5.41 Å². The topological polar surface area (TPSA) is 104 Å². The summed E-state index contributed by atoms with van der Waals surface area (Å²) in [6.07, 6.45) is 9.14. The molecule has 0 unspecified atom stereocenters. The summed E-state index contributed by atoms with van der Waals surface area (Å²) in [6.45, 7) is 3.95. The quantitative estimate of drug-likeness (QED) is 0.416. The first-order valence-electron chi connectivity index (χ1n) is 9.65. The number of H-pyrrole nitrogens is 1. The normalized spacial score (nSPS) is 12.0. The molecule has 150 valence electrons. The summed E-state index contributed by atoms with van der Waals surface area (Å²) in [4.78, 5) is 13.8. The van der Waals surface area contributed by atoms with E-state index in [2.05, 4.69) is 25.5 Å². The molecule has 0 atom stereocenters. The summed E-state index contributed by atoms with van der Waals surface area (Å²) in [5.41, 5.74) is 4.71. The maximum atomic E-state index is 9.55. The van der Waals surface area contributed by atoms with Crippen LogP contribution in [0, 0.1) is 0 Å². The largest absolute Gasteiger partial charge is 0.395 e. The molecule has 4 aromatic heterocycles. The minimum absolute atomic E-state index is 0.0335. The number of pyridine rings is 1. The second kappa shape index (κ2) is 6.93. The molecule has 0 amide bonds. The van der Waals surface area contributed by atoms with Crippen LogP contribution >= 0.6 is 0 Å². The van der Waals surface area contributed by atoms with E-state index in [1.807, 2.05) is 61.0 Å².